The molecule has 1 saturated heterocycles. The molecule has 2 heterocycles. The van der Waals surface area contributed by atoms with Crippen LogP contribution >= 0.6 is 0 Å². The molecule has 1 saturated carbocycles. The summed E-state index contributed by atoms with van der Waals surface area (Å²) >= 11 is 0. The van der Waals surface area contributed by atoms with Crippen molar-refractivity contribution in [2.24, 2.45) is 11.3 Å². The Bertz CT molecular complexity index is 1360. The first-order valence-corrected chi connectivity index (χ1v) is 14.5. The quantitative estimate of drug-likeness (QED) is 0.403. The van der Waals surface area contributed by atoms with Crippen molar-refractivity contribution in [2.75, 3.05) is 44.3 Å². The maximum Gasteiger partial charge on any atom is 0.316 e. The number of hydrogen-bond acceptors (Lipinski definition) is 8. The smallest absolute Gasteiger partial charge is 0.316 e. The zero-order valence-corrected chi connectivity index (χ0v) is 23.3. The van der Waals surface area contributed by atoms with Gasteiger partial charge in [0.1, 0.15) is 23.9 Å². The van der Waals surface area contributed by atoms with Crippen molar-refractivity contribution in [3.05, 3.63) is 46.4 Å². The van der Waals surface area contributed by atoms with E-state index < -0.39 is 37.9 Å². The summed E-state index contributed by atoms with van der Waals surface area (Å²) in [6.45, 7) is 7.98. The van der Waals surface area contributed by atoms with Crippen molar-refractivity contribution < 1.29 is 31.5 Å². The summed E-state index contributed by atoms with van der Waals surface area (Å²) in [5.41, 5.74) is -0.902. The highest BCUT2D eigenvalue weighted by Gasteiger charge is 2.45. The molecule has 2 fully saturated rings. The van der Waals surface area contributed by atoms with Crippen LogP contribution in [0, 0.1) is 23.0 Å². The summed E-state index contributed by atoms with van der Waals surface area (Å²) in [5.74, 6) is -2.40. The summed E-state index contributed by atoms with van der Waals surface area (Å²) in [4.78, 5) is 27.3. The van der Waals surface area contributed by atoms with Crippen LogP contribution in [0.1, 0.15) is 40.5 Å². The van der Waals surface area contributed by atoms with E-state index in [0.29, 0.717) is 24.8 Å². The molecule has 0 radical (unpaired) electrons. The van der Waals surface area contributed by atoms with Crippen LogP contribution in [-0.4, -0.2) is 73.1 Å². The number of anilines is 1. The first-order chi connectivity index (χ1) is 18.3. The molecule has 13 heteroatoms. The normalized spacial score (nSPS) is 17.5. The highest BCUT2D eigenvalue weighted by atomic mass is 32.2. The minimum absolute atomic E-state index is 0.0729. The molecule has 2 aromatic rings. The topological polar surface area (TPSA) is 111 Å². The summed E-state index contributed by atoms with van der Waals surface area (Å²) in [5, 5.41) is 3.59. The van der Waals surface area contributed by atoms with Gasteiger partial charge < -0.3 is 14.4 Å². The van der Waals surface area contributed by atoms with Gasteiger partial charge in [0.2, 0.25) is 15.8 Å². The highest BCUT2D eigenvalue weighted by molar-refractivity contribution is 7.89. The second-order valence-electron chi connectivity index (χ2n) is 10.7. The van der Waals surface area contributed by atoms with Crippen molar-refractivity contribution in [1.29, 1.82) is 0 Å². The molecule has 1 aliphatic carbocycles. The predicted molar refractivity (Wildman–Crippen MR) is 141 cm³/mol. The Morgan fingerprint density at radius 1 is 1.03 bits per heavy atom. The second kappa shape index (κ2) is 11.2. The van der Waals surface area contributed by atoms with Crippen LogP contribution in [0.25, 0.3) is 5.69 Å². The number of benzene rings is 1. The van der Waals surface area contributed by atoms with Crippen LogP contribution in [0.15, 0.2) is 29.2 Å². The zero-order chi connectivity index (χ0) is 28.5. The van der Waals surface area contributed by atoms with Crippen LogP contribution in [0.3, 0.4) is 0 Å². The van der Waals surface area contributed by atoms with Gasteiger partial charge in [0.15, 0.2) is 0 Å². The molecule has 1 aliphatic heterocycles. The van der Waals surface area contributed by atoms with Gasteiger partial charge in [-0.2, -0.15) is 14.1 Å². The monoisotopic (exact) mass is 568 g/mol. The number of nitrogens with zero attached hydrogens (tertiary/aromatic N) is 4. The van der Waals surface area contributed by atoms with E-state index in [1.54, 1.807) is 27.7 Å². The maximum atomic E-state index is 13.9. The van der Waals surface area contributed by atoms with Crippen molar-refractivity contribution in [2.45, 2.75) is 45.8 Å². The third-order valence-electron chi connectivity index (χ3n) is 7.01. The Balaban J connectivity index is 1.62. The van der Waals surface area contributed by atoms with E-state index in [4.69, 9.17) is 9.47 Å². The number of piperazine rings is 1. The van der Waals surface area contributed by atoms with Gasteiger partial charge in [-0.15, -0.1) is 0 Å². The number of sulfonamides is 1. The fourth-order valence-corrected chi connectivity index (χ4v) is 5.51. The fourth-order valence-electron chi connectivity index (χ4n) is 4.24. The lowest BCUT2D eigenvalue weighted by molar-refractivity contribution is -0.149. The molecule has 0 spiro atoms. The largest absolute Gasteiger partial charge is 0.485 e. The van der Waals surface area contributed by atoms with Crippen LogP contribution < -0.4 is 15.2 Å². The third kappa shape index (κ3) is 6.40. The number of ether oxygens (including phenoxy) is 2. The summed E-state index contributed by atoms with van der Waals surface area (Å²) in [6.07, 6.45) is 2.87. The number of rotatable bonds is 10. The van der Waals surface area contributed by atoms with Crippen molar-refractivity contribution in [3.8, 4) is 11.4 Å². The van der Waals surface area contributed by atoms with Gasteiger partial charge in [0.25, 0.3) is 0 Å². The fraction of sp³-hybridized carbons (Fsp3) is 0.577. The molecule has 0 bridgehead atoms. The molecular weight excluding hydrogens is 534 g/mol. The van der Waals surface area contributed by atoms with E-state index in [-0.39, 0.29) is 49.6 Å². The Morgan fingerprint density at radius 3 is 2.18 bits per heavy atom. The van der Waals surface area contributed by atoms with E-state index in [9.17, 15) is 26.8 Å². The van der Waals surface area contributed by atoms with Crippen molar-refractivity contribution in [3.63, 3.8) is 0 Å². The minimum atomic E-state index is -3.43. The first kappa shape index (κ1) is 28.9. The molecular formula is C26H34F2N4O6S. The van der Waals surface area contributed by atoms with E-state index in [1.165, 1.54) is 10.5 Å². The number of aromatic nitrogens is 2. The van der Waals surface area contributed by atoms with Gasteiger partial charge in [-0.25, -0.2) is 17.2 Å². The minimum Gasteiger partial charge on any atom is -0.485 e. The summed E-state index contributed by atoms with van der Waals surface area (Å²) in [7, 11) is -3.43. The molecule has 4 rings (SSSR count). The van der Waals surface area contributed by atoms with Crippen LogP contribution in [0.2, 0.25) is 0 Å². The number of esters is 1. The lowest BCUT2D eigenvalue weighted by Gasteiger charge is -2.36. The molecule has 0 amide bonds. The van der Waals surface area contributed by atoms with Gasteiger partial charge in [-0.3, -0.25) is 9.59 Å². The molecule has 10 nitrogen and oxygen atoms in total. The molecule has 0 atom stereocenters. The lowest BCUT2D eigenvalue weighted by atomic mass is 10.1. The van der Waals surface area contributed by atoms with E-state index in [1.807, 2.05) is 4.90 Å². The van der Waals surface area contributed by atoms with Crippen molar-refractivity contribution >= 4 is 21.7 Å². The number of carbonyl (C=O) groups is 1. The number of carbonyl (C=O) groups excluding carboxylic acids is 1. The molecule has 1 aromatic heterocycles. The molecule has 2 aliphatic rings. The Morgan fingerprint density at radius 2 is 1.64 bits per heavy atom. The number of halogens is 2. The number of hydrogen-bond donors (Lipinski definition) is 0. The lowest BCUT2D eigenvalue weighted by Crippen LogP contribution is -2.50. The van der Waals surface area contributed by atoms with Crippen LogP contribution in [0.4, 0.5) is 14.5 Å². The van der Waals surface area contributed by atoms with E-state index >= 15 is 0 Å². The van der Waals surface area contributed by atoms with Gasteiger partial charge >= 0.3 is 11.5 Å². The van der Waals surface area contributed by atoms with Gasteiger partial charge in [-0.1, -0.05) is 13.8 Å². The van der Waals surface area contributed by atoms with Crippen molar-refractivity contribution in [1.82, 2.24) is 14.1 Å². The summed E-state index contributed by atoms with van der Waals surface area (Å²) in [6, 6.07) is 2.68. The third-order valence-corrected chi connectivity index (χ3v) is 9.29. The Hall–Kier alpha value is -3.06. The first-order valence-electron chi connectivity index (χ1n) is 13.0. The average Bonchev–Trinajstić information content (AvgIpc) is 3.65. The van der Waals surface area contributed by atoms with Crippen LogP contribution in [0.5, 0.6) is 5.75 Å². The molecule has 39 heavy (non-hydrogen) atoms. The highest BCUT2D eigenvalue weighted by Crippen LogP contribution is 2.46. The summed E-state index contributed by atoms with van der Waals surface area (Å²) < 4.78 is 66.8. The SMILES string of the molecule is CC(C)C(=O)OCC1(COc2c(N3CCN(S(=O)(=O)C(C)C)CC3)cnn(-c3cc(F)cc(F)c3)c2=O)CC1. The van der Waals surface area contributed by atoms with Gasteiger partial charge in [0.05, 0.1) is 29.7 Å². The van der Waals surface area contributed by atoms with Crippen LogP contribution in [-0.2, 0) is 19.6 Å². The molecule has 0 N–H and O–H groups in total. The second-order valence-corrected chi connectivity index (χ2v) is 13.2. The average molecular weight is 569 g/mol. The molecule has 0 unspecified atom stereocenters. The van der Waals surface area contributed by atoms with E-state index in [0.717, 1.165) is 29.7 Å². The predicted octanol–water partition coefficient (Wildman–Crippen LogP) is 2.73. The Kier molecular flexibility index (Phi) is 8.31. The Labute approximate surface area is 226 Å². The van der Waals surface area contributed by atoms with E-state index in [2.05, 4.69) is 5.10 Å². The maximum absolute atomic E-state index is 13.9. The van der Waals surface area contributed by atoms with Gasteiger partial charge in [0, 0.05) is 37.7 Å². The standard InChI is InChI=1S/C26H34F2N4O6S/c1-17(2)25(34)38-16-26(5-6-26)15-37-23-22(30-7-9-31(10-8-30)39(35,36)18(3)4)14-29-32(24(23)33)21-12-19(27)11-20(28)13-21/h11-14,17-18H,5-10,15-16H2,1-4H3. The molecule has 214 valence electrons. The van der Waals surface area contributed by atoms with Gasteiger partial charge in [-0.05, 0) is 38.8 Å². The molecule has 1 aromatic carbocycles. The zero-order valence-electron chi connectivity index (χ0n) is 22.5.